The number of aromatic nitrogens is 3. The van der Waals surface area contributed by atoms with E-state index in [0.29, 0.717) is 18.7 Å². The number of nitrogens with zero attached hydrogens (tertiary/aromatic N) is 4. The van der Waals surface area contributed by atoms with Crippen LogP contribution < -0.4 is 10.2 Å². The average Bonchev–Trinajstić information content (AvgIpc) is 3.27. The summed E-state index contributed by atoms with van der Waals surface area (Å²) < 4.78 is 7.32. The average molecular weight is 442 g/mol. The van der Waals surface area contributed by atoms with Crippen molar-refractivity contribution in [3.63, 3.8) is 0 Å². The van der Waals surface area contributed by atoms with Crippen LogP contribution >= 0.6 is 0 Å². The fraction of sp³-hybridized carbons (Fsp3) is 0.269. The molecule has 0 unspecified atom stereocenters. The molecule has 3 aromatic heterocycles. The third-order valence-corrected chi connectivity index (χ3v) is 6.03. The smallest absolute Gasteiger partial charge is 0.270 e. The molecule has 0 saturated carbocycles. The number of amides is 1. The Hall–Kier alpha value is -3.71. The number of imidazole rings is 1. The molecule has 1 N–H and O–H groups in total. The lowest BCUT2D eigenvalue weighted by molar-refractivity contribution is 0.0944. The molecule has 0 bridgehead atoms. The van der Waals surface area contributed by atoms with Crippen molar-refractivity contribution in [3.8, 4) is 11.1 Å². The standard InChI is InChI=1S/C26H27N5O2/c1-2-23-24(31-13-3-4-22(25(31)29-23)20-9-11-27-12-10-20)26(32)28-18-19-5-7-21(8-6-19)30-14-16-33-17-15-30/h3-13H,2,14-18H2,1H3,(H,28,32). The normalized spacial score (nSPS) is 13.9. The Morgan fingerprint density at radius 1 is 1.06 bits per heavy atom. The van der Waals surface area contributed by atoms with Crippen LogP contribution in [0.4, 0.5) is 5.69 Å². The molecule has 7 nitrogen and oxygen atoms in total. The molecule has 0 aliphatic carbocycles. The summed E-state index contributed by atoms with van der Waals surface area (Å²) in [5.41, 5.74) is 6.41. The van der Waals surface area contributed by atoms with E-state index < -0.39 is 0 Å². The fourth-order valence-electron chi connectivity index (χ4n) is 4.27. The lowest BCUT2D eigenvalue weighted by Gasteiger charge is -2.28. The molecule has 0 spiro atoms. The molecule has 0 atom stereocenters. The van der Waals surface area contributed by atoms with Crippen LogP contribution in [-0.2, 0) is 17.7 Å². The maximum absolute atomic E-state index is 13.2. The van der Waals surface area contributed by atoms with Gasteiger partial charge in [0.2, 0.25) is 0 Å². The van der Waals surface area contributed by atoms with Gasteiger partial charge >= 0.3 is 0 Å². The van der Waals surface area contributed by atoms with Gasteiger partial charge in [-0.25, -0.2) is 4.98 Å². The number of fused-ring (bicyclic) bond motifs is 1. The van der Waals surface area contributed by atoms with Crippen LogP contribution in [0.3, 0.4) is 0 Å². The van der Waals surface area contributed by atoms with E-state index >= 15 is 0 Å². The van der Waals surface area contributed by atoms with Gasteiger partial charge in [0.25, 0.3) is 5.91 Å². The summed E-state index contributed by atoms with van der Waals surface area (Å²) in [4.78, 5) is 24.5. The molecule has 0 radical (unpaired) electrons. The van der Waals surface area contributed by atoms with E-state index in [4.69, 9.17) is 9.72 Å². The minimum absolute atomic E-state index is 0.122. The van der Waals surface area contributed by atoms with Gasteiger partial charge in [0.15, 0.2) is 0 Å². The van der Waals surface area contributed by atoms with E-state index in [2.05, 4.69) is 39.5 Å². The number of carbonyl (C=O) groups is 1. The molecule has 4 aromatic rings. The van der Waals surface area contributed by atoms with E-state index in [1.807, 2.05) is 41.8 Å². The summed E-state index contributed by atoms with van der Waals surface area (Å²) >= 11 is 0. The first-order chi connectivity index (χ1) is 16.2. The summed E-state index contributed by atoms with van der Waals surface area (Å²) in [6.07, 6.45) is 6.10. The molecule has 1 fully saturated rings. The maximum Gasteiger partial charge on any atom is 0.270 e. The molecule has 1 aliphatic rings. The molecular formula is C26H27N5O2. The summed E-state index contributed by atoms with van der Waals surface area (Å²) in [5, 5.41) is 3.08. The lowest BCUT2D eigenvalue weighted by atomic mass is 10.1. The molecule has 1 aliphatic heterocycles. The third-order valence-electron chi connectivity index (χ3n) is 6.03. The maximum atomic E-state index is 13.2. The van der Waals surface area contributed by atoms with Crippen molar-refractivity contribution in [1.82, 2.24) is 19.7 Å². The summed E-state index contributed by atoms with van der Waals surface area (Å²) in [5.74, 6) is -0.122. The molecule has 4 heterocycles. The number of benzene rings is 1. The third kappa shape index (κ3) is 4.32. The molecule has 1 saturated heterocycles. The Balaban J connectivity index is 1.36. The van der Waals surface area contributed by atoms with Gasteiger partial charge in [0.1, 0.15) is 11.3 Å². The number of morpholine rings is 1. The van der Waals surface area contributed by atoms with E-state index in [1.165, 1.54) is 5.69 Å². The number of ether oxygens (including phenoxy) is 1. The second-order valence-electron chi connectivity index (χ2n) is 8.06. The summed E-state index contributed by atoms with van der Waals surface area (Å²) in [6.45, 7) is 5.83. The van der Waals surface area contributed by atoms with Crippen LogP contribution in [0.5, 0.6) is 0 Å². The topological polar surface area (TPSA) is 71.8 Å². The number of pyridine rings is 2. The zero-order valence-electron chi connectivity index (χ0n) is 18.7. The largest absolute Gasteiger partial charge is 0.378 e. The quantitative estimate of drug-likeness (QED) is 0.494. The van der Waals surface area contributed by atoms with E-state index in [-0.39, 0.29) is 5.91 Å². The number of nitrogens with one attached hydrogen (secondary N) is 1. The van der Waals surface area contributed by atoms with Crippen molar-refractivity contribution in [2.45, 2.75) is 19.9 Å². The van der Waals surface area contributed by atoms with Crippen LogP contribution in [0.1, 0.15) is 28.7 Å². The van der Waals surface area contributed by atoms with Gasteiger partial charge in [-0.05, 0) is 53.9 Å². The van der Waals surface area contributed by atoms with Gasteiger partial charge in [0, 0.05) is 49.5 Å². The van der Waals surface area contributed by atoms with Crippen molar-refractivity contribution < 1.29 is 9.53 Å². The Bertz CT molecular complexity index is 1250. The highest BCUT2D eigenvalue weighted by molar-refractivity contribution is 5.95. The highest BCUT2D eigenvalue weighted by atomic mass is 16.5. The van der Waals surface area contributed by atoms with Crippen molar-refractivity contribution >= 4 is 17.2 Å². The molecule has 168 valence electrons. The number of carbonyl (C=O) groups excluding carboxylic acids is 1. The number of aryl methyl sites for hydroxylation is 1. The number of hydrogen-bond acceptors (Lipinski definition) is 5. The van der Waals surface area contributed by atoms with Crippen LogP contribution in [0.2, 0.25) is 0 Å². The first kappa shape index (κ1) is 21.2. The van der Waals surface area contributed by atoms with E-state index in [0.717, 1.165) is 54.3 Å². The molecule has 7 heteroatoms. The second kappa shape index (κ2) is 9.42. The Morgan fingerprint density at radius 3 is 2.55 bits per heavy atom. The predicted octanol–water partition coefficient (Wildman–Crippen LogP) is 3.73. The summed E-state index contributed by atoms with van der Waals surface area (Å²) in [7, 11) is 0. The lowest BCUT2D eigenvalue weighted by Crippen LogP contribution is -2.36. The van der Waals surface area contributed by atoms with Crippen molar-refractivity contribution in [2.75, 3.05) is 31.2 Å². The Morgan fingerprint density at radius 2 is 1.82 bits per heavy atom. The minimum atomic E-state index is -0.122. The van der Waals surface area contributed by atoms with Gasteiger partial charge in [-0.1, -0.05) is 19.1 Å². The van der Waals surface area contributed by atoms with Gasteiger partial charge in [-0.2, -0.15) is 0 Å². The molecule has 5 rings (SSSR count). The monoisotopic (exact) mass is 441 g/mol. The van der Waals surface area contributed by atoms with E-state index in [9.17, 15) is 4.79 Å². The van der Waals surface area contributed by atoms with Crippen molar-refractivity contribution in [1.29, 1.82) is 0 Å². The highest BCUT2D eigenvalue weighted by Crippen LogP contribution is 2.26. The van der Waals surface area contributed by atoms with Crippen LogP contribution in [-0.4, -0.2) is 46.6 Å². The second-order valence-corrected chi connectivity index (χ2v) is 8.06. The van der Waals surface area contributed by atoms with Crippen LogP contribution in [0, 0.1) is 0 Å². The van der Waals surface area contributed by atoms with Gasteiger partial charge in [0.05, 0.1) is 18.9 Å². The summed E-state index contributed by atoms with van der Waals surface area (Å²) in [6, 6.07) is 16.2. The molecule has 1 aromatic carbocycles. The number of rotatable bonds is 6. The molecule has 33 heavy (non-hydrogen) atoms. The zero-order valence-corrected chi connectivity index (χ0v) is 18.7. The van der Waals surface area contributed by atoms with E-state index in [1.54, 1.807) is 12.4 Å². The minimum Gasteiger partial charge on any atom is -0.378 e. The predicted molar refractivity (Wildman–Crippen MR) is 128 cm³/mol. The zero-order chi connectivity index (χ0) is 22.6. The van der Waals surface area contributed by atoms with Crippen molar-refractivity contribution in [2.24, 2.45) is 0 Å². The first-order valence-electron chi connectivity index (χ1n) is 11.3. The van der Waals surface area contributed by atoms with Gasteiger partial charge < -0.3 is 15.0 Å². The van der Waals surface area contributed by atoms with Crippen molar-refractivity contribution in [3.05, 3.63) is 84.1 Å². The Labute approximate surface area is 193 Å². The Kier molecular flexibility index (Phi) is 6.04. The van der Waals surface area contributed by atoms with Gasteiger partial charge in [-0.15, -0.1) is 0 Å². The van der Waals surface area contributed by atoms with Gasteiger partial charge in [-0.3, -0.25) is 14.2 Å². The SMILES string of the molecule is CCc1nc2c(-c3ccncc3)cccn2c1C(=O)NCc1ccc(N2CCOCC2)cc1. The molecular weight excluding hydrogens is 414 g/mol. The first-order valence-corrected chi connectivity index (χ1v) is 11.3. The number of hydrogen-bond donors (Lipinski definition) is 1. The fourth-order valence-corrected chi connectivity index (χ4v) is 4.27. The molecule has 1 amide bonds. The van der Waals surface area contributed by atoms with Crippen LogP contribution in [0.25, 0.3) is 16.8 Å². The highest BCUT2D eigenvalue weighted by Gasteiger charge is 2.20. The van der Waals surface area contributed by atoms with Crippen LogP contribution in [0.15, 0.2) is 67.1 Å². The number of anilines is 1.